The number of hydrogen-bond acceptors (Lipinski definition) is 1. The molecule has 0 heterocycles. The Hall–Kier alpha value is -0.930. The van der Waals surface area contributed by atoms with Crippen LogP contribution in [-0.4, -0.2) is 9.70 Å². The van der Waals surface area contributed by atoms with Gasteiger partial charge in [0.1, 0.15) is 6.04 Å². The lowest BCUT2D eigenvalue weighted by Gasteiger charge is -2.26. The van der Waals surface area contributed by atoms with Gasteiger partial charge < -0.3 is 5.32 Å². The molecule has 1 amide bonds. The Morgan fingerprint density at radius 1 is 1.05 bits per heavy atom. The number of carbonyl (C=O) groups is 1. The second kappa shape index (κ2) is 7.10. The van der Waals surface area contributed by atoms with E-state index >= 15 is 0 Å². The van der Waals surface area contributed by atoms with Crippen molar-refractivity contribution in [3.8, 4) is 0 Å². The van der Waals surface area contributed by atoms with Crippen LogP contribution in [0.4, 0.5) is 0 Å². The molecule has 2 nitrogen and oxygen atoms in total. The van der Waals surface area contributed by atoms with Crippen molar-refractivity contribution in [1.29, 1.82) is 0 Å². The highest BCUT2D eigenvalue weighted by molar-refractivity contribution is 6.68. The van der Waals surface area contributed by atoms with E-state index in [2.05, 4.69) is 5.32 Å². The van der Waals surface area contributed by atoms with Crippen LogP contribution in [0.25, 0.3) is 0 Å². The molecular formula is C16H13Cl4NO. The van der Waals surface area contributed by atoms with E-state index in [1.807, 2.05) is 31.2 Å². The van der Waals surface area contributed by atoms with Gasteiger partial charge in [-0.2, -0.15) is 0 Å². The van der Waals surface area contributed by atoms with E-state index in [1.54, 1.807) is 24.3 Å². The third kappa shape index (κ3) is 4.30. The third-order valence-corrected chi connectivity index (χ3v) is 4.12. The summed E-state index contributed by atoms with van der Waals surface area (Å²) in [6.07, 6.45) is 0. The van der Waals surface area contributed by atoms with Crippen molar-refractivity contribution in [2.45, 2.75) is 16.8 Å². The van der Waals surface area contributed by atoms with E-state index in [-0.39, 0.29) is 0 Å². The Balaban J connectivity index is 2.30. The Bertz CT molecular complexity index is 665. The smallest absolute Gasteiger partial charge is 0.253 e. The highest BCUT2D eigenvalue weighted by atomic mass is 35.6. The van der Waals surface area contributed by atoms with E-state index in [0.717, 1.165) is 5.56 Å². The predicted octanol–water partition coefficient (Wildman–Crippen LogP) is 5.49. The van der Waals surface area contributed by atoms with Gasteiger partial charge in [-0.1, -0.05) is 88.4 Å². The van der Waals surface area contributed by atoms with Gasteiger partial charge in [0.15, 0.2) is 0 Å². The molecule has 0 aliphatic rings. The molecule has 2 aromatic rings. The van der Waals surface area contributed by atoms with E-state index < -0.39 is 15.7 Å². The molecule has 0 aromatic heterocycles. The molecule has 2 aromatic carbocycles. The Kier molecular flexibility index (Phi) is 5.62. The fourth-order valence-electron chi connectivity index (χ4n) is 1.97. The molecule has 0 aliphatic heterocycles. The molecule has 1 atom stereocenters. The van der Waals surface area contributed by atoms with Gasteiger partial charge in [0.25, 0.3) is 5.91 Å². The first-order chi connectivity index (χ1) is 10.3. The van der Waals surface area contributed by atoms with Gasteiger partial charge in [-0.25, -0.2) is 0 Å². The Morgan fingerprint density at radius 3 is 2.18 bits per heavy atom. The molecule has 0 bridgehead atoms. The predicted molar refractivity (Wildman–Crippen MR) is 93.1 cm³/mol. The van der Waals surface area contributed by atoms with E-state index in [4.69, 9.17) is 46.4 Å². The second-order valence-corrected chi connectivity index (χ2v) is 7.61. The summed E-state index contributed by atoms with van der Waals surface area (Å²) in [7, 11) is 0. The number of halogens is 4. The van der Waals surface area contributed by atoms with Crippen LogP contribution < -0.4 is 5.32 Å². The maximum Gasteiger partial charge on any atom is 0.253 e. The summed E-state index contributed by atoms with van der Waals surface area (Å²) in [5.41, 5.74) is 2.10. The molecule has 2 rings (SSSR count). The molecule has 6 heteroatoms. The van der Waals surface area contributed by atoms with Crippen LogP contribution in [-0.2, 0) is 0 Å². The number of amides is 1. The van der Waals surface area contributed by atoms with Crippen molar-refractivity contribution >= 4 is 52.3 Å². The third-order valence-electron chi connectivity index (χ3n) is 3.13. The summed E-state index contributed by atoms with van der Waals surface area (Å²) in [5.74, 6) is -0.400. The van der Waals surface area contributed by atoms with Gasteiger partial charge in [-0.3, -0.25) is 4.79 Å². The number of alkyl halides is 3. The zero-order valence-corrected chi connectivity index (χ0v) is 14.6. The summed E-state index contributed by atoms with van der Waals surface area (Å²) in [6, 6.07) is 13.3. The van der Waals surface area contributed by atoms with Crippen LogP contribution in [0.5, 0.6) is 0 Å². The maximum absolute atomic E-state index is 12.4. The van der Waals surface area contributed by atoms with Gasteiger partial charge >= 0.3 is 0 Å². The Morgan fingerprint density at radius 2 is 1.64 bits per heavy atom. The lowest BCUT2D eigenvalue weighted by Crippen LogP contribution is -2.36. The molecule has 0 saturated heterocycles. The van der Waals surface area contributed by atoms with Crippen molar-refractivity contribution in [3.63, 3.8) is 0 Å². The lowest BCUT2D eigenvalue weighted by atomic mass is 10.1. The quantitative estimate of drug-likeness (QED) is 0.705. The first kappa shape index (κ1) is 17.4. The molecule has 22 heavy (non-hydrogen) atoms. The monoisotopic (exact) mass is 375 g/mol. The number of carbonyl (C=O) groups excluding carboxylic acids is 1. The van der Waals surface area contributed by atoms with Gasteiger partial charge in [0, 0.05) is 0 Å². The molecule has 0 fully saturated rings. The summed E-state index contributed by atoms with van der Waals surface area (Å²) in [4.78, 5) is 12.4. The van der Waals surface area contributed by atoms with Crippen LogP contribution in [0.15, 0.2) is 48.5 Å². The summed E-state index contributed by atoms with van der Waals surface area (Å²) < 4.78 is -1.69. The molecule has 116 valence electrons. The molecule has 0 spiro atoms. The number of rotatable bonds is 3. The van der Waals surface area contributed by atoms with Crippen LogP contribution in [0, 0.1) is 6.92 Å². The highest BCUT2D eigenvalue weighted by Crippen LogP contribution is 2.40. The summed E-state index contributed by atoms with van der Waals surface area (Å²) >= 11 is 24.1. The molecular weight excluding hydrogens is 364 g/mol. The number of benzene rings is 2. The molecule has 0 aliphatic carbocycles. The van der Waals surface area contributed by atoms with Crippen LogP contribution in [0.2, 0.25) is 5.02 Å². The van der Waals surface area contributed by atoms with Gasteiger partial charge in [-0.15, -0.1) is 0 Å². The fraction of sp³-hybridized carbons (Fsp3) is 0.188. The molecule has 0 radical (unpaired) electrons. The number of nitrogens with one attached hydrogen (secondary N) is 1. The second-order valence-electron chi connectivity index (χ2n) is 4.84. The van der Waals surface area contributed by atoms with Crippen LogP contribution in [0.3, 0.4) is 0 Å². The summed E-state index contributed by atoms with van der Waals surface area (Å²) in [6.45, 7) is 1.95. The minimum Gasteiger partial charge on any atom is -0.341 e. The standard InChI is InChI=1S/C16H13Cl4NO/c1-10-6-8-11(9-7-10)14(16(18,19)20)21-15(22)12-4-2-3-5-13(12)17/h2-9,14H,1H3,(H,21,22)/t14-/m1/s1. The minimum atomic E-state index is -1.69. The highest BCUT2D eigenvalue weighted by Gasteiger charge is 2.35. The van der Waals surface area contributed by atoms with E-state index in [0.29, 0.717) is 16.1 Å². The average Bonchev–Trinajstić information content (AvgIpc) is 2.45. The van der Waals surface area contributed by atoms with Crippen molar-refractivity contribution in [3.05, 3.63) is 70.2 Å². The van der Waals surface area contributed by atoms with Crippen molar-refractivity contribution in [2.24, 2.45) is 0 Å². The SMILES string of the molecule is Cc1ccc([C@@H](NC(=O)c2ccccc2Cl)C(Cl)(Cl)Cl)cc1. The molecule has 0 unspecified atom stereocenters. The van der Waals surface area contributed by atoms with Crippen LogP contribution >= 0.6 is 46.4 Å². The largest absolute Gasteiger partial charge is 0.341 e. The van der Waals surface area contributed by atoms with Crippen molar-refractivity contribution < 1.29 is 4.79 Å². The topological polar surface area (TPSA) is 29.1 Å². The molecule has 1 N–H and O–H groups in total. The van der Waals surface area contributed by atoms with Crippen molar-refractivity contribution in [2.75, 3.05) is 0 Å². The van der Waals surface area contributed by atoms with Gasteiger partial charge in [0.05, 0.1) is 10.6 Å². The van der Waals surface area contributed by atoms with Crippen molar-refractivity contribution in [1.82, 2.24) is 5.32 Å². The Labute approximate surface area is 149 Å². The number of aryl methyl sites for hydroxylation is 1. The average molecular weight is 377 g/mol. The zero-order chi connectivity index (χ0) is 16.3. The lowest BCUT2D eigenvalue weighted by molar-refractivity contribution is 0.0937. The first-order valence-electron chi connectivity index (χ1n) is 6.47. The maximum atomic E-state index is 12.4. The van der Waals surface area contributed by atoms with Crippen LogP contribution in [0.1, 0.15) is 27.5 Å². The number of hydrogen-bond donors (Lipinski definition) is 1. The summed E-state index contributed by atoms with van der Waals surface area (Å²) in [5, 5.41) is 3.07. The minimum absolute atomic E-state index is 0.329. The van der Waals surface area contributed by atoms with Gasteiger partial charge in [0.2, 0.25) is 3.79 Å². The molecule has 0 saturated carbocycles. The zero-order valence-electron chi connectivity index (χ0n) is 11.6. The van der Waals surface area contributed by atoms with E-state index in [1.165, 1.54) is 0 Å². The van der Waals surface area contributed by atoms with E-state index in [9.17, 15) is 4.79 Å². The van der Waals surface area contributed by atoms with Gasteiger partial charge in [-0.05, 0) is 24.6 Å². The fourth-order valence-corrected chi connectivity index (χ4v) is 2.73. The normalized spacial score (nSPS) is 12.8. The first-order valence-corrected chi connectivity index (χ1v) is 7.99.